The Morgan fingerprint density at radius 2 is 1.75 bits per heavy atom. The van der Waals surface area contributed by atoms with Gasteiger partial charge in [-0.1, -0.05) is 18.9 Å². The van der Waals surface area contributed by atoms with Crippen LogP contribution >= 0.6 is 0 Å². The quantitative estimate of drug-likeness (QED) is 0.184. The van der Waals surface area contributed by atoms with Gasteiger partial charge in [-0.05, 0) is 62.9 Å². The van der Waals surface area contributed by atoms with E-state index in [-0.39, 0.29) is 23.8 Å². The number of amides is 3. The van der Waals surface area contributed by atoms with Gasteiger partial charge in [-0.15, -0.1) is 0 Å². The first-order valence-corrected chi connectivity index (χ1v) is 16.9. The molecule has 3 N–H and O–H groups in total. The fraction of sp³-hybridized carbons (Fsp3) is 0.457. The molecule has 3 amide bonds. The van der Waals surface area contributed by atoms with Crippen molar-refractivity contribution in [1.82, 2.24) is 45.6 Å². The first kappa shape index (κ1) is 33.2. The van der Waals surface area contributed by atoms with Crippen molar-refractivity contribution in [3.8, 4) is 22.6 Å². The largest absolute Gasteiger partial charge is 0.379 e. The summed E-state index contributed by atoms with van der Waals surface area (Å²) in [5.74, 6) is -0.237. The number of aromatic amines is 1. The fourth-order valence-corrected chi connectivity index (χ4v) is 6.33. The molecule has 48 heavy (non-hydrogen) atoms. The molecule has 0 aliphatic carbocycles. The summed E-state index contributed by atoms with van der Waals surface area (Å²) in [4.78, 5) is 56.6. The van der Waals surface area contributed by atoms with E-state index in [0.29, 0.717) is 68.1 Å². The van der Waals surface area contributed by atoms with Gasteiger partial charge in [0.05, 0.1) is 54.1 Å². The smallest absolute Gasteiger partial charge is 0.253 e. The van der Waals surface area contributed by atoms with Gasteiger partial charge in [-0.3, -0.25) is 34.4 Å². The molecule has 4 aromatic heterocycles. The lowest BCUT2D eigenvalue weighted by atomic mass is 10.1. The molecule has 2 saturated heterocycles. The van der Waals surface area contributed by atoms with Crippen LogP contribution in [0.2, 0.25) is 0 Å². The number of pyridine rings is 3. The number of aryl methyl sites for hydroxylation is 1. The molecule has 0 spiro atoms. The van der Waals surface area contributed by atoms with Gasteiger partial charge < -0.3 is 20.3 Å². The summed E-state index contributed by atoms with van der Waals surface area (Å²) in [6.07, 6.45) is 8.39. The number of hydrogen-bond acceptors (Lipinski definition) is 9. The van der Waals surface area contributed by atoms with Crippen molar-refractivity contribution in [2.45, 2.75) is 51.5 Å². The third-order valence-electron chi connectivity index (χ3n) is 8.91. The molecule has 252 valence electrons. The van der Waals surface area contributed by atoms with Gasteiger partial charge in [-0.25, -0.2) is 4.98 Å². The maximum absolute atomic E-state index is 13.2. The van der Waals surface area contributed by atoms with Gasteiger partial charge in [0, 0.05) is 50.2 Å². The van der Waals surface area contributed by atoms with E-state index >= 15 is 0 Å². The van der Waals surface area contributed by atoms with Crippen LogP contribution in [0.3, 0.4) is 0 Å². The van der Waals surface area contributed by atoms with Gasteiger partial charge in [0.25, 0.3) is 5.91 Å². The Morgan fingerprint density at radius 1 is 0.938 bits per heavy atom. The molecule has 4 aromatic rings. The van der Waals surface area contributed by atoms with E-state index in [4.69, 9.17) is 9.72 Å². The number of carbonyl (C=O) groups is 3. The first-order chi connectivity index (χ1) is 23.5. The van der Waals surface area contributed by atoms with Crippen molar-refractivity contribution < 1.29 is 19.1 Å². The third-order valence-corrected chi connectivity index (χ3v) is 8.91. The number of carbonyl (C=O) groups excluding carboxylic acids is 3. The number of fused-ring (bicyclic) bond motifs is 1. The number of H-pyrrole nitrogens is 1. The Bertz CT molecular complexity index is 1740. The van der Waals surface area contributed by atoms with Gasteiger partial charge in [0.1, 0.15) is 11.6 Å². The summed E-state index contributed by atoms with van der Waals surface area (Å²) in [6.45, 7) is 6.81. The van der Waals surface area contributed by atoms with Crippen LogP contribution in [0.1, 0.15) is 54.6 Å². The number of nitrogens with zero attached hydrogens (tertiary/aromatic N) is 6. The predicted octanol–water partition coefficient (Wildman–Crippen LogP) is 3.12. The highest BCUT2D eigenvalue weighted by atomic mass is 16.5. The van der Waals surface area contributed by atoms with Crippen LogP contribution in [0.15, 0.2) is 48.8 Å². The topological polar surface area (TPSA) is 158 Å². The molecule has 0 bridgehead atoms. The minimum atomic E-state index is -0.379. The van der Waals surface area contributed by atoms with Crippen LogP contribution in [0.4, 0.5) is 0 Å². The molecular weight excluding hydrogens is 610 g/mol. The standard InChI is InChI=1S/C35H43N9O4/c1-24-8-6-9-29(40-24)33-26(22-39-42-33)27-11-12-28-32(41-27)25(13-16-36-28)34(46)37-14-4-2-3-5-15-38-35(47)30-10-7-17-44(30)31(45)23-43-18-20-48-21-19-43/h6,8-9,11-13,16,22,30H,2-5,7,10,14-15,17-21,23H2,1H3,(H,37,46)(H,38,47)(H,39,42). The number of unbranched alkanes of at least 4 members (excludes halogenated alkanes) is 3. The van der Waals surface area contributed by atoms with Gasteiger partial charge in [0.15, 0.2) is 0 Å². The van der Waals surface area contributed by atoms with Crippen molar-refractivity contribution in [2.24, 2.45) is 0 Å². The van der Waals surface area contributed by atoms with Crippen LogP contribution in [0, 0.1) is 6.92 Å². The van der Waals surface area contributed by atoms with Gasteiger partial charge >= 0.3 is 0 Å². The van der Waals surface area contributed by atoms with Crippen LogP contribution in [-0.2, 0) is 14.3 Å². The Labute approximate surface area is 279 Å². The monoisotopic (exact) mass is 653 g/mol. The molecule has 2 fully saturated rings. The maximum Gasteiger partial charge on any atom is 0.253 e. The highest BCUT2D eigenvalue weighted by Crippen LogP contribution is 2.29. The first-order valence-electron chi connectivity index (χ1n) is 16.9. The van der Waals surface area contributed by atoms with Crippen LogP contribution in [-0.4, -0.2) is 111 Å². The SMILES string of the molecule is Cc1cccc(-c2[nH]ncc2-c2ccc3nccc(C(=O)NCCCCCCNC(=O)C4CCCN4C(=O)CN4CCOCC4)c3n2)n1. The lowest BCUT2D eigenvalue weighted by molar-refractivity contribution is -0.140. The third kappa shape index (κ3) is 8.03. The number of ether oxygens (including phenoxy) is 1. The average molecular weight is 654 g/mol. The number of nitrogens with one attached hydrogen (secondary N) is 3. The summed E-state index contributed by atoms with van der Waals surface area (Å²) in [6, 6.07) is 10.9. The van der Waals surface area contributed by atoms with Gasteiger partial charge in [0.2, 0.25) is 11.8 Å². The van der Waals surface area contributed by atoms with E-state index in [1.807, 2.05) is 37.3 Å². The molecule has 13 heteroatoms. The molecule has 6 heterocycles. The molecule has 6 rings (SSSR count). The molecule has 2 aliphatic heterocycles. The minimum absolute atomic E-state index is 0.0235. The van der Waals surface area contributed by atoms with Crippen LogP contribution < -0.4 is 10.6 Å². The number of likely N-dealkylation sites (tertiary alicyclic amines) is 1. The van der Waals surface area contributed by atoms with Crippen LogP contribution in [0.25, 0.3) is 33.7 Å². The second-order valence-corrected chi connectivity index (χ2v) is 12.3. The fourth-order valence-electron chi connectivity index (χ4n) is 6.33. The van der Waals surface area contributed by atoms with E-state index in [9.17, 15) is 14.4 Å². The van der Waals surface area contributed by atoms with Gasteiger partial charge in [-0.2, -0.15) is 5.10 Å². The normalized spacial score (nSPS) is 16.7. The molecule has 0 saturated carbocycles. The summed E-state index contributed by atoms with van der Waals surface area (Å²) in [7, 11) is 0. The number of aromatic nitrogens is 5. The van der Waals surface area contributed by atoms with E-state index in [2.05, 4.69) is 35.7 Å². The van der Waals surface area contributed by atoms with Crippen molar-refractivity contribution in [3.63, 3.8) is 0 Å². The van der Waals surface area contributed by atoms with E-state index in [1.165, 1.54) is 0 Å². The minimum Gasteiger partial charge on any atom is -0.379 e. The Morgan fingerprint density at radius 3 is 2.56 bits per heavy atom. The second-order valence-electron chi connectivity index (χ2n) is 12.3. The molecule has 1 unspecified atom stereocenters. The maximum atomic E-state index is 13.2. The average Bonchev–Trinajstić information content (AvgIpc) is 3.80. The molecule has 2 aliphatic rings. The molecular formula is C35H43N9O4. The Hall–Kier alpha value is -4.75. The van der Waals surface area contributed by atoms with Crippen molar-refractivity contribution in [3.05, 3.63) is 60.0 Å². The highest BCUT2D eigenvalue weighted by Gasteiger charge is 2.34. The number of rotatable bonds is 13. The zero-order chi connectivity index (χ0) is 33.3. The summed E-state index contributed by atoms with van der Waals surface area (Å²) in [5, 5.41) is 13.3. The summed E-state index contributed by atoms with van der Waals surface area (Å²) >= 11 is 0. The zero-order valence-electron chi connectivity index (χ0n) is 27.4. The molecule has 13 nitrogen and oxygen atoms in total. The lowest BCUT2D eigenvalue weighted by Gasteiger charge is -2.30. The van der Waals surface area contributed by atoms with Crippen molar-refractivity contribution in [2.75, 3.05) is 52.5 Å². The highest BCUT2D eigenvalue weighted by molar-refractivity contribution is 6.05. The van der Waals surface area contributed by atoms with Crippen LogP contribution in [0.5, 0.6) is 0 Å². The zero-order valence-corrected chi connectivity index (χ0v) is 27.4. The van der Waals surface area contributed by atoms with E-state index < -0.39 is 0 Å². The van der Waals surface area contributed by atoms with Crippen molar-refractivity contribution >= 4 is 28.8 Å². The lowest BCUT2D eigenvalue weighted by Crippen LogP contribution is -2.50. The van der Waals surface area contributed by atoms with E-state index in [1.54, 1.807) is 23.4 Å². The summed E-state index contributed by atoms with van der Waals surface area (Å²) < 4.78 is 5.37. The number of morpholine rings is 1. The number of hydrogen-bond donors (Lipinski definition) is 3. The summed E-state index contributed by atoms with van der Waals surface area (Å²) in [5.41, 5.74) is 5.51. The Balaban J connectivity index is 0.942. The molecule has 0 radical (unpaired) electrons. The predicted molar refractivity (Wildman–Crippen MR) is 181 cm³/mol. The van der Waals surface area contributed by atoms with Crippen molar-refractivity contribution in [1.29, 1.82) is 0 Å². The molecule has 1 atom stereocenters. The second kappa shape index (κ2) is 15.9. The van der Waals surface area contributed by atoms with E-state index in [0.717, 1.165) is 67.8 Å². The Kier molecular flexibility index (Phi) is 11.0. The molecule has 0 aromatic carbocycles.